The normalized spacial score (nSPS) is 13.4. The van der Waals surface area contributed by atoms with E-state index in [9.17, 15) is 5.11 Å². The minimum absolute atomic E-state index is 0.0660. The Morgan fingerprint density at radius 1 is 1.03 bits per heavy atom. The molecule has 0 fully saturated rings. The van der Waals surface area contributed by atoms with Crippen LogP contribution in [0.2, 0.25) is 0 Å². The SMILES string of the molecule is OCc1cc2ccccc2n1-c1nc2c(c(NCc3ccccc3)n1)CNCC2. The van der Waals surface area contributed by atoms with Gasteiger partial charge in [-0.1, -0.05) is 48.5 Å². The molecule has 2 aromatic heterocycles. The summed E-state index contributed by atoms with van der Waals surface area (Å²) in [6.45, 7) is 2.29. The van der Waals surface area contributed by atoms with Crippen LogP contribution in [-0.2, 0) is 26.1 Å². The van der Waals surface area contributed by atoms with Gasteiger partial charge in [-0.05, 0) is 17.7 Å². The van der Waals surface area contributed by atoms with E-state index >= 15 is 0 Å². The predicted octanol–water partition coefficient (Wildman–Crippen LogP) is 3.17. The van der Waals surface area contributed by atoms with Crippen LogP contribution in [0.4, 0.5) is 5.82 Å². The first kappa shape index (κ1) is 17.8. The van der Waals surface area contributed by atoms with E-state index in [4.69, 9.17) is 9.97 Å². The van der Waals surface area contributed by atoms with Crippen molar-refractivity contribution in [1.82, 2.24) is 19.9 Å². The van der Waals surface area contributed by atoms with E-state index in [1.165, 1.54) is 5.56 Å². The van der Waals surface area contributed by atoms with E-state index in [1.807, 2.05) is 53.1 Å². The number of aliphatic hydroxyl groups is 1. The van der Waals surface area contributed by atoms with Crippen LogP contribution >= 0.6 is 0 Å². The second-order valence-corrected chi connectivity index (χ2v) is 7.25. The maximum atomic E-state index is 9.94. The Balaban J connectivity index is 1.61. The molecule has 2 aromatic carbocycles. The van der Waals surface area contributed by atoms with E-state index in [1.54, 1.807) is 0 Å². The summed E-state index contributed by atoms with van der Waals surface area (Å²) in [6, 6.07) is 20.4. The molecule has 0 radical (unpaired) electrons. The van der Waals surface area contributed by atoms with E-state index in [0.717, 1.165) is 53.2 Å². The predicted molar refractivity (Wildman–Crippen MR) is 114 cm³/mol. The monoisotopic (exact) mass is 385 g/mol. The van der Waals surface area contributed by atoms with Gasteiger partial charge in [0, 0.05) is 37.0 Å². The molecule has 6 heteroatoms. The van der Waals surface area contributed by atoms with E-state index in [-0.39, 0.29) is 6.61 Å². The van der Waals surface area contributed by atoms with Crippen molar-refractivity contribution in [3.8, 4) is 5.95 Å². The van der Waals surface area contributed by atoms with Gasteiger partial charge in [-0.3, -0.25) is 4.57 Å². The Bertz CT molecular complexity index is 1150. The summed E-state index contributed by atoms with van der Waals surface area (Å²) in [4.78, 5) is 9.78. The number of rotatable bonds is 5. The summed E-state index contributed by atoms with van der Waals surface area (Å²) < 4.78 is 1.96. The summed E-state index contributed by atoms with van der Waals surface area (Å²) >= 11 is 0. The standard InChI is InChI=1S/C23H23N5O/c29-15-18-12-17-8-4-5-9-21(17)28(18)23-26-20-10-11-24-14-19(20)22(27-23)25-13-16-6-2-1-3-7-16/h1-9,12,24,29H,10-11,13-15H2,(H,25,26,27). The molecule has 0 unspecified atom stereocenters. The van der Waals surface area contributed by atoms with Crippen LogP contribution in [-0.4, -0.2) is 26.2 Å². The van der Waals surface area contributed by atoms with Gasteiger partial charge in [-0.25, -0.2) is 4.98 Å². The fourth-order valence-corrected chi connectivity index (χ4v) is 3.92. The smallest absolute Gasteiger partial charge is 0.236 e. The van der Waals surface area contributed by atoms with Crippen molar-refractivity contribution in [3.05, 3.63) is 83.2 Å². The molecule has 0 bridgehead atoms. The molecule has 0 saturated heterocycles. The van der Waals surface area contributed by atoms with Crippen LogP contribution < -0.4 is 10.6 Å². The molecule has 5 rings (SSSR count). The van der Waals surface area contributed by atoms with E-state index in [2.05, 4.69) is 22.8 Å². The van der Waals surface area contributed by atoms with Gasteiger partial charge in [0.15, 0.2) is 0 Å². The van der Waals surface area contributed by atoms with E-state index in [0.29, 0.717) is 12.5 Å². The summed E-state index contributed by atoms with van der Waals surface area (Å²) in [5, 5.41) is 17.9. The number of hydrogen-bond acceptors (Lipinski definition) is 5. The van der Waals surface area contributed by atoms with Gasteiger partial charge in [-0.2, -0.15) is 4.98 Å². The molecule has 29 heavy (non-hydrogen) atoms. The third-order valence-corrected chi connectivity index (χ3v) is 5.37. The summed E-state index contributed by atoms with van der Waals surface area (Å²) in [6.07, 6.45) is 0.860. The molecule has 6 nitrogen and oxygen atoms in total. The third kappa shape index (κ3) is 3.37. The molecule has 3 heterocycles. The highest BCUT2D eigenvalue weighted by atomic mass is 16.3. The molecule has 4 aromatic rings. The fourth-order valence-electron chi connectivity index (χ4n) is 3.92. The van der Waals surface area contributed by atoms with Gasteiger partial charge < -0.3 is 15.7 Å². The first-order valence-corrected chi connectivity index (χ1v) is 9.92. The van der Waals surface area contributed by atoms with Crippen LogP contribution in [0.15, 0.2) is 60.7 Å². The number of aliphatic hydroxyl groups excluding tert-OH is 1. The fraction of sp³-hybridized carbons (Fsp3) is 0.217. The zero-order valence-electron chi connectivity index (χ0n) is 16.1. The number of para-hydroxylation sites is 1. The van der Waals surface area contributed by atoms with Gasteiger partial charge in [0.05, 0.1) is 23.5 Å². The summed E-state index contributed by atoms with van der Waals surface area (Å²) in [5.41, 5.74) is 5.17. The van der Waals surface area contributed by atoms with Crippen molar-refractivity contribution in [2.24, 2.45) is 0 Å². The van der Waals surface area contributed by atoms with Crippen molar-refractivity contribution in [2.45, 2.75) is 26.1 Å². The largest absolute Gasteiger partial charge is 0.390 e. The number of hydrogen-bond donors (Lipinski definition) is 3. The molecule has 0 spiro atoms. The Morgan fingerprint density at radius 2 is 1.86 bits per heavy atom. The van der Waals surface area contributed by atoms with Gasteiger partial charge in [-0.15, -0.1) is 0 Å². The molecule has 0 saturated carbocycles. The molecular formula is C23H23N5O. The third-order valence-electron chi connectivity index (χ3n) is 5.37. The van der Waals surface area contributed by atoms with Gasteiger partial charge in [0.1, 0.15) is 5.82 Å². The van der Waals surface area contributed by atoms with Crippen molar-refractivity contribution < 1.29 is 5.11 Å². The van der Waals surface area contributed by atoms with Crippen LogP contribution in [0.1, 0.15) is 22.5 Å². The average molecular weight is 385 g/mol. The Morgan fingerprint density at radius 3 is 2.72 bits per heavy atom. The quantitative estimate of drug-likeness (QED) is 0.492. The molecule has 0 aliphatic carbocycles. The number of benzene rings is 2. The van der Waals surface area contributed by atoms with Gasteiger partial charge >= 0.3 is 0 Å². The molecule has 146 valence electrons. The second-order valence-electron chi connectivity index (χ2n) is 7.25. The summed E-state index contributed by atoms with van der Waals surface area (Å²) in [5.74, 6) is 1.45. The van der Waals surface area contributed by atoms with Gasteiger partial charge in [0.25, 0.3) is 0 Å². The maximum Gasteiger partial charge on any atom is 0.236 e. The van der Waals surface area contributed by atoms with Crippen molar-refractivity contribution in [2.75, 3.05) is 11.9 Å². The Kier molecular flexibility index (Phi) is 4.71. The summed E-state index contributed by atoms with van der Waals surface area (Å²) in [7, 11) is 0. The van der Waals surface area contributed by atoms with Crippen molar-refractivity contribution >= 4 is 16.7 Å². The first-order chi connectivity index (χ1) is 14.3. The molecule has 3 N–H and O–H groups in total. The minimum Gasteiger partial charge on any atom is -0.390 e. The highest BCUT2D eigenvalue weighted by Gasteiger charge is 2.20. The zero-order valence-corrected chi connectivity index (χ0v) is 16.1. The number of aromatic nitrogens is 3. The molecule has 0 atom stereocenters. The highest BCUT2D eigenvalue weighted by molar-refractivity contribution is 5.82. The lowest BCUT2D eigenvalue weighted by Crippen LogP contribution is -2.27. The van der Waals surface area contributed by atoms with Crippen LogP contribution in [0.3, 0.4) is 0 Å². The van der Waals surface area contributed by atoms with Crippen LogP contribution in [0.25, 0.3) is 16.9 Å². The molecule has 0 amide bonds. The minimum atomic E-state index is -0.0660. The second kappa shape index (κ2) is 7.66. The number of nitrogens with zero attached hydrogens (tertiary/aromatic N) is 3. The number of anilines is 1. The lowest BCUT2D eigenvalue weighted by Gasteiger charge is -2.21. The molecule has 1 aliphatic heterocycles. The van der Waals surface area contributed by atoms with Crippen LogP contribution in [0.5, 0.6) is 0 Å². The lowest BCUT2D eigenvalue weighted by atomic mass is 10.1. The zero-order chi connectivity index (χ0) is 19.6. The highest BCUT2D eigenvalue weighted by Crippen LogP contribution is 2.27. The molecular weight excluding hydrogens is 362 g/mol. The Hall–Kier alpha value is -3.22. The lowest BCUT2D eigenvalue weighted by molar-refractivity contribution is 0.274. The van der Waals surface area contributed by atoms with Crippen molar-refractivity contribution in [3.63, 3.8) is 0 Å². The topological polar surface area (TPSA) is 75.0 Å². The molecule has 1 aliphatic rings. The number of nitrogens with one attached hydrogen (secondary N) is 2. The van der Waals surface area contributed by atoms with Crippen LogP contribution in [0, 0.1) is 0 Å². The maximum absolute atomic E-state index is 9.94. The van der Waals surface area contributed by atoms with Crippen molar-refractivity contribution in [1.29, 1.82) is 0 Å². The average Bonchev–Trinajstić information content (AvgIpc) is 3.16. The van der Waals surface area contributed by atoms with Gasteiger partial charge in [0.2, 0.25) is 5.95 Å². The van der Waals surface area contributed by atoms with E-state index < -0.39 is 0 Å². The first-order valence-electron chi connectivity index (χ1n) is 9.92. The Labute approximate surface area is 169 Å². The number of fused-ring (bicyclic) bond motifs is 2.